The Morgan fingerprint density at radius 1 is 1.33 bits per heavy atom. The SMILES string of the molecule is CC(C)CC(C)CC(=O)C1(C(F)(F)F)CCNC1. The zero-order chi connectivity index (χ0) is 14.0. The summed E-state index contributed by atoms with van der Waals surface area (Å²) in [7, 11) is 0. The summed E-state index contributed by atoms with van der Waals surface area (Å²) in [4.78, 5) is 12.0. The molecule has 1 N–H and O–H groups in total. The molecule has 1 rings (SSSR count). The molecule has 18 heavy (non-hydrogen) atoms. The van der Waals surface area contributed by atoms with Gasteiger partial charge in [0.05, 0.1) is 0 Å². The highest BCUT2D eigenvalue weighted by atomic mass is 19.4. The lowest BCUT2D eigenvalue weighted by Crippen LogP contribution is -2.47. The number of carbonyl (C=O) groups is 1. The first-order chi connectivity index (χ1) is 8.19. The van der Waals surface area contributed by atoms with E-state index in [4.69, 9.17) is 0 Å². The van der Waals surface area contributed by atoms with Gasteiger partial charge in [-0.15, -0.1) is 0 Å². The highest BCUT2D eigenvalue weighted by Crippen LogP contribution is 2.45. The van der Waals surface area contributed by atoms with Crippen LogP contribution in [0.15, 0.2) is 0 Å². The van der Waals surface area contributed by atoms with Crippen LogP contribution < -0.4 is 5.32 Å². The summed E-state index contributed by atoms with van der Waals surface area (Å²) in [5, 5.41) is 2.67. The Balaban J connectivity index is 2.73. The van der Waals surface area contributed by atoms with E-state index in [1.54, 1.807) is 0 Å². The van der Waals surface area contributed by atoms with Crippen molar-refractivity contribution in [1.29, 1.82) is 0 Å². The van der Waals surface area contributed by atoms with Crippen molar-refractivity contribution < 1.29 is 18.0 Å². The molecule has 2 nitrogen and oxygen atoms in total. The smallest absolute Gasteiger partial charge is 0.315 e. The van der Waals surface area contributed by atoms with Gasteiger partial charge in [-0.05, 0) is 31.2 Å². The van der Waals surface area contributed by atoms with Gasteiger partial charge >= 0.3 is 6.18 Å². The molecule has 0 aliphatic carbocycles. The molecule has 1 aliphatic rings. The van der Waals surface area contributed by atoms with E-state index in [2.05, 4.69) is 5.32 Å². The molecule has 2 atom stereocenters. The maximum absolute atomic E-state index is 13.1. The molecule has 5 heteroatoms. The Labute approximate surface area is 106 Å². The van der Waals surface area contributed by atoms with Gasteiger partial charge in [-0.2, -0.15) is 13.2 Å². The van der Waals surface area contributed by atoms with Crippen LogP contribution in [0.5, 0.6) is 0 Å². The largest absolute Gasteiger partial charge is 0.402 e. The maximum atomic E-state index is 13.1. The first-order valence-electron chi connectivity index (χ1n) is 6.50. The van der Waals surface area contributed by atoms with E-state index < -0.39 is 17.4 Å². The third kappa shape index (κ3) is 3.25. The number of carbonyl (C=O) groups excluding carboxylic acids is 1. The second-order valence-corrected chi connectivity index (χ2v) is 5.87. The predicted octanol–water partition coefficient (Wildman–Crippen LogP) is 3.17. The van der Waals surface area contributed by atoms with Crippen LogP contribution in [0, 0.1) is 17.3 Å². The normalized spacial score (nSPS) is 26.6. The van der Waals surface area contributed by atoms with Crippen molar-refractivity contribution in [2.75, 3.05) is 13.1 Å². The van der Waals surface area contributed by atoms with Crippen molar-refractivity contribution in [3.05, 3.63) is 0 Å². The molecule has 106 valence electrons. The van der Waals surface area contributed by atoms with Gasteiger partial charge in [0.2, 0.25) is 0 Å². The minimum Gasteiger partial charge on any atom is -0.315 e. The van der Waals surface area contributed by atoms with Crippen LogP contribution in [0.3, 0.4) is 0 Å². The highest BCUT2D eigenvalue weighted by Gasteiger charge is 2.60. The van der Waals surface area contributed by atoms with Crippen LogP contribution in [0.4, 0.5) is 13.2 Å². The van der Waals surface area contributed by atoms with Crippen molar-refractivity contribution >= 4 is 5.78 Å². The zero-order valence-electron chi connectivity index (χ0n) is 11.2. The fourth-order valence-corrected chi connectivity index (χ4v) is 2.73. The average molecular weight is 265 g/mol. The van der Waals surface area contributed by atoms with Crippen LogP contribution in [0.25, 0.3) is 0 Å². The Bertz CT molecular complexity index is 293. The minimum atomic E-state index is -4.44. The van der Waals surface area contributed by atoms with Crippen molar-refractivity contribution in [2.45, 2.75) is 46.2 Å². The van der Waals surface area contributed by atoms with E-state index in [9.17, 15) is 18.0 Å². The lowest BCUT2D eigenvalue weighted by Gasteiger charge is -2.30. The van der Waals surface area contributed by atoms with Gasteiger partial charge in [-0.3, -0.25) is 4.79 Å². The Kier molecular flexibility index (Phi) is 4.81. The second-order valence-electron chi connectivity index (χ2n) is 5.87. The van der Waals surface area contributed by atoms with Crippen molar-refractivity contribution in [3.8, 4) is 0 Å². The number of Topliss-reactive ketones (excluding diaryl/α,β-unsaturated/α-hetero) is 1. The van der Waals surface area contributed by atoms with Crippen LogP contribution in [-0.2, 0) is 4.79 Å². The molecule has 0 amide bonds. The summed E-state index contributed by atoms with van der Waals surface area (Å²) in [5.41, 5.74) is -2.14. The van der Waals surface area contributed by atoms with Crippen molar-refractivity contribution in [1.82, 2.24) is 5.32 Å². The molecule has 2 unspecified atom stereocenters. The second kappa shape index (κ2) is 5.59. The lowest BCUT2D eigenvalue weighted by molar-refractivity contribution is -0.215. The van der Waals surface area contributed by atoms with Crippen molar-refractivity contribution in [2.24, 2.45) is 17.3 Å². The summed E-state index contributed by atoms with van der Waals surface area (Å²) in [6.07, 6.45) is -3.75. The summed E-state index contributed by atoms with van der Waals surface area (Å²) in [5.74, 6) is -0.234. The first-order valence-corrected chi connectivity index (χ1v) is 6.50. The standard InChI is InChI=1S/C13H22F3NO/c1-9(2)6-10(3)7-11(18)12(13(14,15)16)4-5-17-8-12/h9-10,17H,4-8H2,1-3H3. The number of ketones is 1. The number of hydrogen-bond donors (Lipinski definition) is 1. The Hall–Kier alpha value is -0.580. The third-order valence-electron chi connectivity index (χ3n) is 3.64. The fourth-order valence-electron chi connectivity index (χ4n) is 2.73. The fraction of sp³-hybridized carbons (Fsp3) is 0.923. The quantitative estimate of drug-likeness (QED) is 0.827. The molecular weight excluding hydrogens is 243 g/mol. The molecule has 1 aliphatic heterocycles. The van der Waals surface area contributed by atoms with E-state index in [1.807, 2.05) is 20.8 Å². The van der Waals surface area contributed by atoms with Crippen LogP contribution in [0.1, 0.15) is 40.0 Å². The van der Waals surface area contributed by atoms with E-state index in [0.29, 0.717) is 5.92 Å². The maximum Gasteiger partial charge on any atom is 0.402 e. The van der Waals surface area contributed by atoms with Crippen LogP contribution in [0.2, 0.25) is 0 Å². The number of rotatable bonds is 5. The van der Waals surface area contributed by atoms with E-state index in [0.717, 1.165) is 6.42 Å². The first kappa shape index (κ1) is 15.5. The Morgan fingerprint density at radius 2 is 1.94 bits per heavy atom. The van der Waals surface area contributed by atoms with Gasteiger partial charge < -0.3 is 5.32 Å². The van der Waals surface area contributed by atoms with Gasteiger partial charge in [0, 0.05) is 13.0 Å². The molecule has 0 aromatic carbocycles. The van der Waals surface area contributed by atoms with Gasteiger partial charge in [-0.1, -0.05) is 20.8 Å². The molecule has 0 bridgehead atoms. The summed E-state index contributed by atoms with van der Waals surface area (Å²) in [6.45, 7) is 5.88. The van der Waals surface area contributed by atoms with Gasteiger partial charge in [0.25, 0.3) is 0 Å². The van der Waals surface area contributed by atoms with Gasteiger partial charge in [0.15, 0.2) is 0 Å². The molecule has 0 saturated carbocycles. The molecule has 0 aromatic rings. The number of nitrogens with one attached hydrogen (secondary N) is 1. The topological polar surface area (TPSA) is 29.1 Å². The number of alkyl halides is 3. The number of halogens is 3. The average Bonchev–Trinajstić information content (AvgIpc) is 2.63. The van der Waals surface area contributed by atoms with Gasteiger partial charge in [-0.25, -0.2) is 0 Å². The van der Waals surface area contributed by atoms with Gasteiger partial charge in [0.1, 0.15) is 11.2 Å². The molecule has 0 radical (unpaired) electrons. The summed E-state index contributed by atoms with van der Waals surface area (Å²) in [6, 6.07) is 0. The molecular formula is C13H22F3NO. The predicted molar refractivity (Wildman–Crippen MR) is 64.2 cm³/mol. The minimum absolute atomic E-state index is 0.0114. The van der Waals surface area contributed by atoms with E-state index >= 15 is 0 Å². The summed E-state index contributed by atoms with van der Waals surface area (Å²) >= 11 is 0. The molecule has 1 fully saturated rings. The number of hydrogen-bond acceptors (Lipinski definition) is 2. The monoisotopic (exact) mass is 265 g/mol. The highest BCUT2D eigenvalue weighted by molar-refractivity contribution is 5.86. The van der Waals surface area contributed by atoms with E-state index in [-0.39, 0.29) is 31.8 Å². The zero-order valence-corrected chi connectivity index (χ0v) is 11.2. The molecule has 1 heterocycles. The molecule has 0 spiro atoms. The lowest BCUT2D eigenvalue weighted by atomic mass is 9.77. The third-order valence-corrected chi connectivity index (χ3v) is 3.64. The Morgan fingerprint density at radius 3 is 2.33 bits per heavy atom. The van der Waals surface area contributed by atoms with E-state index in [1.165, 1.54) is 0 Å². The van der Waals surface area contributed by atoms with Crippen molar-refractivity contribution in [3.63, 3.8) is 0 Å². The molecule has 1 saturated heterocycles. The summed E-state index contributed by atoms with van der Waals surface area (Å²) < 4.78 is 39.4. The molecule has 0 aromatic heterocycles. The van der Waals surface area contributed by atoms with Crippen LogP contribution in [-0.4, -0.2) is 25.0 Å². The van der Waals surface area contributed by atoms with Crippen LogP contribution >= 0.6 is 0 Å².